The molecule has 1 aromatic rings. The van der Waals surface area contributed by atoms with Crippen LogP contribution in [0, 0.1) is 11.8 Å². The average Bonchev–Trinajstić information content (AvgIpc) is 2.63. The lowest BCUT2D eigenvalue weighted by Crippen LogP contribution is -2.56. The van der Waals surface area contributed by atoms with E-state index in [1.165, 1.54) is 0 Å². The predicted molar refractivity (Wildman–Crippen MR) is 103 cm³/mol. The molecule has 4 atom stereocenters. The maximum atomic E-state index is 12.4. The lowest BCUT2D eigenvalue weighted by molar-refractivity contribution is -0.128. The SMILES string of the molecule is CCOc1ccc(CC(=O)NC2CCC3C(COC)CC(=O)NC3C2)cc1. The summed E-state index contributed by atoms with van der Waals surface area (Å²) in [6.45, 7) is 3.21. The number of carbonyl (C=O) groups is 2. The first-order chi connectivity index (χ1) is 13.1. The molecule has 3 rings (SSSR count). The molecule has 0 radical (unpaired) electrons. The molecule has 1 aliphatic heterocycles. The summed E-state index contributed by atoms with van der Waals surface area (Å²) in [6.07, 6.45) is 3.66. The lowest BCUT2D eigenvalue weighted by atomic mass is 9.71. The number of ether oxygens (including phenoxy) is 2. The molecule has 2 fully saturated rings. The maximum Gasteiger partial charge on any atom is 0.224 e. The van der Waals surface area contributed by atoms with Gasteiger partial charge in [-0.15, -0.1) is 0 Å². The molecule has 1 saturated heterocycles. The van der Waals surface area contributed by atoms with Gasteiger partial charge in [0, 0.05) is 32.2 Å². The second kappa shape index (κ2) is 9.22. The standard InChI is InChI=1S/C21H30N2O4/c1-3-27-17-7-4-14(5-8-17)10-20(24)22-16-6-9-18-15(13-26-2)11-21(25)23-19(18)12-16/h4-5,7-8,15-16,18-19H,3,6,9-13H2,1-2H3,(H,22,24)(H,23,25). The van der Waals surface area contributed by atoms with Crippen molar-refractivity contribution >= 4 is 11.8 Å². The van der Waals surface area contributed by atoms with E-state index in [2.05, 4.69) is 10.6 Å². The Morgan fingerprint density at radius 2 is 2.04 bits per heavy atom. The fourth-order valence-electron chi connectivity index (χ4n) is 4.44. The van der Waals surface area contributed by atoms with E-state index in [0.29, 0.717) is 32.0 Å². The van der Waals surface area contributed by atoms with Crippen LogP contribution < -0.4 is 15.4 Å². The van der Waals surface area contributed by atoms with Crippen LogP contribution in [0.25, 0.3) is 0 Å². The van der Waals surface area contributed by atoms with Crippen LogP contribution in [0.2, 0.25) is 0 Å². The molecule has 6 heteroatoms. The van der Waals surface area contributed by atoms with E-state index in [4.69, 9.17) is 9.47 Å². The molecule has 2 aliphatic rings. The number of methoxy groups -OCH3 is 1. The van der Waals surface area contributed by atoms with Crippen LogP contribution in [0.5, 0.6) is 5.75 Å². The number of nitrogens with one attached hydrogen (secondary N) is 2. The number of benzene rings is 1. The normalized spacial score (nSPS) is 27.4. The third-order valence-corrected chi connectivity index (χ3v) is 5.65. The van der Waals surface area contributed by atoms with Crippen molar-refractivity contribution in [2.45, 2.75) is 51.1 Å². The van der Waals surface area contributed by atoms with Gasteiger partial charge in [-0.3, -0.25) is 9.59 Å². The Balaban J connectivity index is 1.51. The van der Waals surface area contributed by atoms with E-state index in [9.17, 15) is 9.59 Å². The molecule has 4 unspecified atom stereocenters. The molecule has 0 bridgehead atoms. The quantitative estimate of drug-likeness (QED) is 0.766. The number of piperidine rings is 1. The fraction of sp³-hybridized carbons (Fsp3) is 0.619. The van der Waals surface area contributed by atoms with Gasteiger partial charge < -0.3 is 20.1 Å². The van der Waals surface area contributed by atoms with Gasteiger partial charge in [-0.1, -0.05) is 12.1 Å². The summed E-state index contributed by atoms with van der Waals surface area (Å²) in [4.78, 5) is 24.4. The van der Waals surface area contributed by atoms with Crippen molar-refractivity contribution in [2.75, 3.05) is 20.3 Å². The van der Waals surface area contributed by atoms with Gasteiger partial charge in [-0.2, -0.15) is 0 Å². The van der Waals surface area contributed by atoms with E-state index in [-0.39, 0.29) is 29.8 Å². The zero-order valence-corrected chi connectivity index (χ0v) is 16.2. The smallest absolute Gasteiger partial charge is 0.224 e. The molecule has 1 aliphatic carbocycles. The molecule has 1 aromatic carbocycles. The van der Waals surface area contributed by atoms with Gasteiger partial charge in [0.05, 0.1) is 13.0 Å². The molecule has 0 spiro atoms. The van der Waals surface area contributed by atoms with Crippen LogP contribution in [0.15, 0.2) is 24.3 Å². The molecule has 1 saturated carbocycles. The van der Waals surface area contributed by atoms with Gasteiger partial charge in [0.25, 0.3) is 0 Å². The molecule has 1 heterocycles. The molecule has 27 heavy (non-hydrogen) atoms. The number of hydrogen-bond acceptors (Lipinski definition) is 4. The Bertz CT molecular complexity index is 646. The average molecular weight is 374 g/mol. The first-order valence-electron chi connectivity index (χ1n) is 9.88. The summed E-state index contributed by atoms with van der Waals surface area (Å²) >= 11 is 0. The van der Waals surface area contributed by atoms with Crippen molar-refractivity contribution in [3.05, 3.63) is 29.8 Å². The zero-order chi connectivity index (χ0) is 19.2. The molecule has 0 aromatic heterocycles. The number of rotatable bonds is 7. The highest BCUT2D eigenvalue weighted by Crippen LogP contribution is 2.35. The second-order valence-electron chi connectivity index (χ2n) is 7.59. The Kier molecular flexibility index (Phi) is 6.72. The topological polar surface area (TPSA) is 76.7 Å². The van der Waals surface area contributed by atoms with E-state index in [0.717, 1.165) is 30.6 Å². The van der Waals surface area contributed by atoms with Crippen LogP contribution in [0.1, 0.15) is 38.2 Å². The van der Waals surface area contributed by atoms with Crippen LogP contribution in [-0.2, 0) is 20.7 Å². The summed E-state index contributed by atoms with van der Waals surface area (Å²) in [5.74, 6) is 1.67. The van der Waals surface area contributed by atoms with E-state index < -0.39 is 0 Å². The molecule has 6 nitrogen and oxygen atoms in total. The minimum Gasteiger partial charge on any atom is -0.494 e. The third kappa shape index (κ3) is 5.22. The van der Waals surface area contributed by atoms with Crippen LogP contribution in [-0.4, -0.2) is 44.2 Å². The van der Waals surface area contributed by atoms with Crippen molar-refractivity contribution in [3.63, 3.8) is 0 Å². The van der Waals surface area contributed by atoms with Gasteiger partial charge in [0.15, 0.2) is 0 Å². The van der Waals surface area contributed by atoms with Crippen LogP contribution in [0.4, 0.5) is 0 Å². The minimum absolute atomic E-state index is 0.0261. The number of amides is 2. The highest BCUT2D eigenvalue weighted by molar-refractivity contribution is 5.79. The Morgan fingerprint density at radius 3 is 2.74 bits per heavy atom. The Labute approximate surface area is 161 Å². The molecular formula is C21H30N2O4. The largest absolute Gasteiger partial charge is 0.494 e. The lowest BCUT2D eigenvalue weighted by Gasteiger charge is -2.43. The third-order valence-electron chi connectivity index (χ3n) is 5.65. The van der Waals surface area contributed by atoms with Gasteiger partial charge in [0.1, 0.15) is 5.75 Å². The van der Waals surface area contributed by atoms with Crippen molar-refractivity contribution in [3.8, 4) is 5.75 Å². The van der Waals surface area contributed by atoms with Crippen LogP contribution >= 0.6 is 0 Å². The number of carbonyl (C=O) groups excluding carboxylic acids is 2. The highest BCUT2D eigenvalue weighted by Gasteiger charge is 2.40. The van der Waals surface area contributed by atoms with Crippen molar-refractivity contribution < 1.29 is 19.1 Å². The summed E-state index contributed by atoms with van der Waals surface area (Å²) < 4.78 is 10.7. The van der Waals surface area contributed by atoms with Crippen molar-refractivity contribution in [1.82, 2.24) is 10.6 Å². The first-order valence-corrected chi connectivity index (χ1v) is 9.88. The summed E-state index contributed by atoms with van der Waals surface area (Å²) in [5, 5.41) is 6.27. The monoisotopic (exact) mass is 374 g/mol. The summed E-state index contributed by atoms with van der Waals surface area (Å²) in [6, 6.07) is 7.89. The molecule has 2 amide bonds. The molecular weight excluding hydrogens is 344 g/mol. The minimum atomic E-state index is 0.0261. The number of fused-ring (bicyclic) bond motifs is 1. The summed E-state index contributed by atoms with van der Waals surface area (Å²) in [5.41, 5.74) is 0.968. The van der Waals surface area contributed by atoms with E-state index in [1.807, 2.05) is 31.2 Å². The van der Waals surface area contributed by atoms with Gasteiger partial charge in [-0.05, 0) is 55.7 Å². The highest BCUT2D eigenvalue weighted by atomic mass is 16.5. The van der Waals surface area contributed by atoms with E-state index in [1.54, 1.807) is 7.11 Å². The number of hydrogen-bond donors (Lipinski definition) is 2. The van der Waals surface area contributed by atoms with Gasteiger partial charge in [0.2, 0.25) is 11.8 Å². The van der Waals surface area contributed by atoms with Crippen molar-refractivity contribution in [2.24, 2.45) is 11.8 Å². The van der Waals surface area contributed by atoms with Gasteiger partial charge in [-0.25, -0.2) is 0 Å². The molecule has 148 valence electrons. The first kappa shape index (κ1) is 19.7. The predicted octanol–water partition coefficient (Wildman–Crippen LogP) is 2.06. The second-order valence-corrected chi connectivity index (χ2v) is 7.59. The maximum absolute atomic E-state index is 12.4. The Hall–Kier alpha value is -2.08. The van der Waals surface area contributed by atoms with E-state index >= 15 is 0 Å². The molecule has 2 N–H and O–H groups in total. The fourth-order valence-corrected chi connectivity index (χ4v) is 4.44. The van der Waals surface area contributed by atoms with Crippen molar-refractivity contribution in [1.29, 1.82) is 0 Å². The van der Waals surface area contributed by atoms with Gasteiger partial charge >= 0.3 is 0 Å². The Morgan fingerprint density at radius 1 is 1.26 bits per heavy atom. The van der Waals surface area contributed by atoms with Crippen LogP contribution in [0.3, 0.4) is 0 Å². The zero-order valence-electron chi connectivity index (χ0n) is 16.2. The summed E-state index contributed by atoms with van der Waals surface area (Å²) in [7, 11) is 1.69.